The van der Waals surface area contributed by atoms with Gasteiger partial charge in [-0.1, -0.05) is 29.3 Å². The molecule has 0 aliphatic rings. The number of aromatic nitrogens is 2. The highest BCUT2D eigenvalue weighted by Crippen LogP contribution is 2.21. The van der Waals surface area contributed by atoms with Crippen molar-refractivity contribution in [3.05, 3.63) is 51.8 Å². The van der Waals surface area contributed by atoms with E-state index < -0.39 is 0 Å². The van der Waals surface area contributed by atoms with Crippen LogP contribution >= 0.6 is 23.2 Å². The summed E-state index contributed by atoms with van der Waals surface area (Å²) in [6.45, 7) is 0. The van der Waals surface area contributed by atoms with Gasteiger partial charge in [0.15, 0.2) is 5.69 Å². The summed E-state index contributed by atoms with van der Waals surface area (Å²) in [6, 6.07) is 6.65. The van der Waals surface area contributed by atoms with Crippen LogP contribution in [-0.4, -0.2) is 21.9 Å². The van der Waals surface area contributed by atoms with Gasteiger partial charge in [0.05, 0.1) is 16.3 Å². The maximum atomic E-state index is 11.6. The average Bonchev–Trinajstić information content (AvgIpc) is 2.80. The number of hydrazone groups is 1. The molecule has 0 saturated carbocycles. The number of benzene rings is 1. The molecule has 0 fully saturated rings. The molecule has 19 heavy (non-hydrogen) atoms. The molecular formula is C12H10Cl2N4O. The minimum Gasteiger partial charge on any atom is -0.275 e. The van der Waals surface area contributed by atoms with E-state index >= 15 is 0 Å². The lowest BCUT2D eigenvalue weighted by atomic mass is 10.2. The molecule has 1 aromatic carbocycles. The van der Waals surface area contributed by atoms with Crippen LogP contribution in [-0.2, 0) is 7.05 Å². The fourth-order valence-corrected chi connectivity index (χ4v) is 1.66. The molecule has 7 heteroatoms. The molecule has 1 aromatic heterocycles. The minimum absolute atomic E-state index is 0.300. The van der Waals surface area contributed by atoms with Gasteiger partial charge in [-0.3, -0.25) is 9.48 Å². The highest BCUT2D eigenvalue weighted by atomic mass is 35.5. The van der Waals surface area contributed by atoms with Crippen molar-refractivity contribution in [1.82, 2.24) is 15.2 Å². The van der Waals surface area contributed by atoms with E-state index in [1.165, 1.54) is 10.9 Å². The maximum absolute atomic E-state index is 11.6. The number of hydrogen-bond donors (Lipinski definition) is 1. The summed E-state index contributed by atoms with van der Waals surface area (Å²) in [5.74, 6) is -0.378. The van der Waals surface area contributed by atoms with Crippen LogP contribution in [0.5, 0.6) is 0 Å². The van der Waals surface area contributed by atoms with E-state index in [0.29, 0.717) is 15.7 Å². The second kappa shape index (κ2) is 5.86. The molecule has 2 aromatic rings. The van der Waals surface area contributed by atoms with Crippen molar-refractivity contribution in [2.24, 2.45) is 12.1 Å². The number of amides is 1. The molecule has 1 N–H and O–H groups in total. The number of aryl methyl sites for hydroxylation is 1. The summed E-state index contributed by atoms with van der Waals surface area (Å²) in [5, 5.41) is 8.68. The summed E-state index contributed by atoms with van der Waals surface area (Å²) in [7, 11) is 1.73. The first-order chi connectivity index (χ1) is 9.06. The Hall–Kier alpha value is -1.85. The predicted molar refractivity (Wildman–Crippen MR) is 74.7 cm³/mol. The standard InChI is InChI=1S/C12H10Cl2N4O/c1-18-5-4-11(17-18)12(19)16-15-7-8-2-3-9(13)10(14)6-8/h2-7H,1H3,(H,16,19). The quantitative estimate of drug-likeness (QED) is 0.699. The minimum atomic E-state index is -0.378. The zero-order valence-electron chi connectivity index (χ0n) is 9.97. The van der Waals surface area contributed by atoms with Crippen LogP contribution in [0.25, 0.3) is 0 Å². The van der Waals surface area contributed by atoms with Gasteiger partial charge in [-0.05, 0) is 23.8 Å². The van der Waals surface area contributed by atoms with E-state index in [4.69, 9.17) is 23.2 Å². The van der Waals surface area contributed by atoms with E-state index in [9.17, 15) is 4.79 Å². The monoisotopic (exact) mass is 296 g/mol. The van der Waals surface area contributed by atoms with Crippen molar-refractivity contribution in [2.75, 3.05) is 0 Å². The fraction of sp³-hybridized carbons (Fsp3) is 0.0833. The third-order valence-corrected chi connectivity index (χ3v) is 3.01. The molecule has 5 nitrogen and oxygen atoms in total. The third-order valence-electron chi connectivity index (χ3n) is 2.27. The molecule has 0 aliphatic carbocycles. The Balaban J connectivity index is 2.00. The number of halogens is 2. The van der Waals surface area contributed by atoms with Gasteiger partial charge in [0, 0.05) is 13.2 Å². The second-order valence-electron chi connectivity index (χ2n) is 3.75. The second-order valence-corrected chi connectivity index (χ2v) is 4.56. The molecule has 1 amide bonds. The lowest BCUT2D eigenvalue weighted by molar-refractivity contribution is 0.0949. The number of carbonyl (C=O) groups is 1. The number of carbonyl (C=O) groups excluding carboxylic acids is 1. The molecule has 0 atom stereocenters. The SMILES string of the molecule is Cn1ccc(C(=O)NN=Cc2ccc(Cl)c(Cl)c2)n1. The Morgan fingerprint density at radius 1 is 1.37 bits per heavy atom. The van der Waals surface area contributed by atoms with Crippen molar-refractivity contribution in [2.45, 2.75) is 0 Å². The zero-order valence-corrected chi connectivity index (χ0v) is 11.5. The van der Waals surface area contributed by atoms with Crippen molar-refractivity contribution < 1.29 is 4.79 Å². The number of nitrogens with zero attached hydrogens (tertiary/aromatic N) is 3. The number of nitrogens with one attached hydrogen (secondary N) is 1. The summed E-state index contributed by atoms with van der Waals surface area (Å²) in [5.41, 5.74) is 3.41. The van der Waals surface area contributed by atoms with Crippen molar-refractivity contribution in [3.8, 4) is 0 Å². The van der Waals surface area contributed by atoms with E-state index in [2.05, 4.69) is 15.6 Å². The highest BCUT2D eigenvalue weighted by molar-refractivity contribution is 6.42. The Bertz CT molecular complexity index is 636. The molecule has 98 valence electrons. The molecule has 0 spiro atoms. The molecule has 0 aliphatic heterocycles. The summed E-state index contributed by atoms with van der Waals surface area (Å²) >= 11 is 11.7. The Labute approximate surface area is 119 Å². The first-order valence-electron chi connectivity index (χ1n) is 5.34. The Morgan fingerprint density at radius 3 is 2.79 bits per heavy atom. The fourth-order valence-electron chi connectivity index (χ4n) is 1.35. The smallest absolute Gasteiger partial charge is 0.275 e. The topological polar surface area (TPSA) is 59.3 Å². The van der Waals surface area contributed by atoms with E-state index in [-0.39, 0.29) is 5.91 Å². The van der Waals surface area contributed by atoms with Crippen LogP contribution in [0, 0.1) is 0 Å². The summed E-state index contributed by atoms with van der Waals surface area (Å²) in [6.07, 6.45) is 3.15. The molecule has 1 heterocycles. The molecule has 0 unspecified atom stereocenters. The van der Waals surface area contributed by atoms with Gasteiger partial charge in [0.2, 0.25) is 0 Å². The van der Waals surface area contributed by atoms with Crippen molar-refractivity contribution in [3.63, 3.8) is 0 Å². The van der Waals surface area contributed by atoms with E-state index in [0.717, 1.165) is 5.56 Å². The normalized spacial score (nSPS) is 10.9. The first kappa shape index (κ1) is 13.6. The van der Waals surface area contributed by atoms with Gasteiger partial charge < -0.3 is 0 Å². The van der Waals surface area contributed by atoms with Gasteiger partial charge in [0.1, 0.15) is 0 Å². The average molecular weight is 297 g/mol. The lowest BCUT2D eigenvalue weighted by Gasteiger charge is -1.98. The maximum Gasteiger partial charge on any atom is 0.291 e. The van der Waals surface area contributed by atoms with Crippen LogP contribution in [0.1, 0.15) is 16.1 Å². The highest BCUT2D eigenvalue weighted by Gasteiger charge is 2.06. The summed E-state index contributed by atoms with van der Waals surface area (Å²) < 4.78 is 1.54. The zero-order chi connectivity index (χ0) is 13.8. The van der Waals surface area contributed by atoms with Crippen LogP contribution in [0.4, 0.5) is 0 Å². The molecule has 0 saturated heterocycles. The van der Waals surface area contributed by atoms with Crippen molar-refractivity contribution in [1.29, 1.82) is 0 Å². The van der Waals surface area contributed by atoms with E-state index in [1.54, 1.807) is 37.5 Å². The predicted octanol–water partition coefficient (Wildman–Crippen LogP) is 2.49. The summed E-state index contributed by atoms with van der Waals surface area (Å²) in [4.78, 5) is 11.6. The van der Waals surface area contributed by atoms with Gasteiger partial charge in [-0.2, -0.15) is 10.2 Å². The Kier molecular flexibility index (Phi) is 4.19. The van der Waals surface area contributed by atoms with Gasteiger partial charge in [-0.25, -0.2) is 5.43 Å². The van der Waals surface area contributed by atoms with Crippen LogP contribution in [0.3, 0.4) is 0 Å². The van der Waals surface area contributed by atoms with E-state index in [1.807, 2.05) is 0 Å². The molecule has 0 bridgehead atoms. The number of hydrogen-bond acceptors (Lipinski definition) is 3. The largest absolute Gasteiger partial charge is 0.291 e. The van der Waals surface area contributed by atoms with Crippen LogP contribution < -0.4 is 5.43 Å². The number of rotatable bonds is 3. The molecule has 0 radical (unpaired) electrons. The first-order valence-corrected chi connectivity index (χ1v) is 6.10. The van der Waals surface area contributed by atoms with Crippen molar-refractivity contribution >= 4 is 35.3 Å². The van der Waals surface area contributed by atoms with Crippen LogP contribution in [0.15, 0.2) is 35.6 Å². The van der Waals surface area contributed by atoms with Crippen LogP contribution in [0.2, 0.25) is 10.0 Å². The van der Waals surface area contributed by atoms with Gasteiger partial charge >= 0.3 is 0 Å². The molecule has 2 rings (SSSR count). The molecular weight excluding hydrogens is 287 g/mol. The lowest BCUT2D eigenvalue weighted by Crippen LogP contribution is -2.18. The van der Waals surface area contributed by atoms with Gasteiger partial charge in [-0.15, -0.1) is 0 Å². The van der Waals surface area contributed by atoms with Gasteiger partial charge in [0.25, 0.3) is 5.91 Å². The Morgan fingerprint density at radius 2 is 2.16 bits per heavy atom. The third kappa shape index (κ3) is 3.56.